The van der Waals surface area contributed by atoms with E-state index in [0.29, 0.717) is 31.4 Å². The molecule has 2 heterocycles. The van der Waals surface area contributed by atoms with Gasteiger partial charge >= 0.3 is 5.97 Å². The molecule has 2 aliphatic heterocycles. The number of esters is 1. The summed E-state index contributed by atoms with van der Waals surface area (Å²) in [5.41, 5.74) is -0.319. The quantitative estimate of drug-likeness (QED) is 0.413. The first kappa shape index (κ1) is 24.8. The maximum Gasteiger partial charge on any atom is 0.338 e. The predicted octanol–water partition coefficient (Wildman–Crippen LogP) is 4.30. The van der Waals surface area contributed by atoms with E-state index in [-0.39, 0.29) is 18.4 Å². The molecule has 2 atom stereocenters. The Kier molecular flexibility index (Phi) is 8.44. The summed E-state index contributed by atoms with van der Waals surface area (Å²) >= 11 is 0. The summed E-state index contributed by atoms with van der Waals surface area (Å²) in [7, 11) is 0. The fourth-order valence-electron chi connectivity index (χ4n) is 4.77. The van der Waals surface area contributed by atoms with Gasteiger partial charge in [0.25, 0.3) is 0 Å². The summed E-state index contributed by atoms with van der Waals surface area (Å²) in [4.78, 5) is 30.5. The molecular formula is C25H37NO6. The normalized spacial score (nSPS) is 24.6. The van der Waals surface area contributed by atoms with Gasteiger partial charge in [-0.05, 0) is 59.1 Å². The maximum atomic E-state index is 12.6. The van der Waals surface area contributed by atoms with Gasteiger partial charge in [-0.25, -0.2) is 4.79 Å². The standard InChI is InChI=1S/C25H37NO6/c1-24(2)16-21(31-23(28)19-10-6-5-7-11-19)17-25(3,4)26(24)32-20(18-27)13-15-30-22-12-8-9-14-29-22/h5-7,10-11,18,20-22H,8-9,12-17H2,1-4H3. The number of aldehydes is 1. The van der Waals surface area contributed by atoms with Crippen molar-refractivity contribution >= 4 is 12.3 Å². The fraction of sp³-hybridized carbons (Fsp3) is 0.680. The second-order valence-corrected chi connectivity index (χ2v) is 9.96. The number of hydrogen-bond donors (Lipinski definition) is 0. The van der Waals surface area contributed by atoms with E-state index in [0.717, 1.165) is 32.2 Å². The lowest BCUT2D eigenvalue weighted by Crippen LogP contribution is -2.63. The molecule has 0 aliphatic carbocycles. The smallest absolute Gasteiger partial charge is 0.338 e. The van der Waals surface area contributed by atoms with Crippen LogP contribution in [0.25, 0.3) is 0 Å². The Morgan fingerprint density at radius 2 is 1.84 bits per heavy atom. The zero-order chi connectivity index (χ0) is 23.2. The van der Waals surface area contributed by atoms with Gasteiger partial charge in [-0.3, -0.25) is 4.84 Å². The van der Waals surface area contributed by atoms with Gasteiger partial charge in [0.15, 0.2) is 12.6 Å². The molecule has 7 heteroatoms. The van der Waals surface area contributed by atoms with Crippen molar-refractivity contribution in [3.63, 3.8) is 0 Å². The first-order chi connectivity index (χ1) is 15.2. The zero-order valence-electron chi connectivity index (χ0n) is 19.7. The predicted molar refractivity (Wildman–Crippen MR) is 120 cm³/mol. The highest BCUT2D eigenvalue weighted by Crippen LogP contribution is 2.40. The molecule has 0 spiro atoms. The van der Waals surface area contributed by atoms with Crippen LogP contribution >= 0.6 is 0 Å². The lowest BCUT2D eigenvalue weighted by molar-refractivity contribution is -0.308. The Labute approximate surface area is 191 Å². The highest BCUT2D eigenvalue weighted by molar-refractivity contribution is 5.89. The molecule has 0 radical (unpaired) electrons. The number of benzene rings is 1. The monoisotopic (exact) mass is 447 g/mol. The average Bonchev–Trinajstić information content (AvgIpc) is 2.75. The molecule has 0 N–H and O–H groups in total. The van der Waals surface area contributed by atoms with Crippen LogP contribution in [0.5, 0.6) is 0 Å². The van der Waals surface area contributed by atoms with Crippen LogP contribution < -0.4 is 0 Å². The van der Waals surface area contributed by atoms with E-state index in [9.17, 15) is 9.59 Å². The summed E-state index contributed by atoms with van der Waals surface area (Å²) in [5, 5.41) is 1.91. The minimum absolute atomic E-state index is 0.182. The van der Waals surface area contributed by atoms with E-state index in [4.69, 9.17) is 19.0 Å². The van der Waals surface area contributed by atoms with Gasteiger partial charge in [-0.2, -0.15) is 5.06 Å². The van der Waals surface area contributed by atoms with E-state index in [1.165, 1.54) is 0 Å². The van der Waals surface area contributed by atoms with Crippen molar-refractivity contribution in [2.75, 3.05) is 13.2 Å². The van der Waals surface area contributed by atoms with Crippen molar-refractivity contribution in [3.05, 3.63) is 35.9 Å². The van der Waals surface area contributed by atoms with Crippen LogP contribution in [0.15, 0.2) is 30.3 Å². The molecule has 2 unspecified atom stereocenters. The molecule has 1 aromatic rings. The van der Waals surface area contributed by atoms with Crippen molar-refractivity contribution in [3.8, 4) is 0 Å². The summed E-state index contributed by atoms with van der Waals surface area (Å²) in [6, 6.07) is 9.03. The Hall–Kier alpha value is -1.80. The van der Waals surface area contributed by atoms with Crippen molar-refractivity contribution in [1.82, 2.24) is 5.06 Å². The number of piperidine rings is 1. The number of rotatable bonds is 9. The average molecular weight is 448 g/mol. The van der Waals surface area contributed by atoms with Crippen LogP contribution in [-0.2, 0) is 23.8 Å². The second-order valence-electron chi connectivity index (χ2n) is 9.96. The van der Waals surface area contributed by atoms with Crippen LogP contribution in [0, 0.1) is 0 Å². The van der Waals surface area contributed by atoms with Gasteiger partial charge in [-0.15, -0.1) is 0 Å². The fourth-order valence-corrected chi connectivity index (χ4v) is 4.77. The van der Waals surface area contributed by atoms with E-state index in [1.807, 2.05) is 51.0 Å². The van der Waals surface area contributed by atoms with E-state index < -0.39 is 17.2 Å². The lowest BCUT2D eigenvalue weighted by atomic mass is 9.80. The number of hydroxylamine groups is 2. The van der Waals surface area contributed by atoms with Gasteiger partial charge in [-0.1, -0.05) is 18.2 Å². The molecule has 3 rings (SSSR count). The van der Waals surface area contributed by atoms with E-state index >= 15 is 0 Å². The molecule has 32 heavy (non-hydrogen) atoms. The van der Waals surface area contributed by atoms with Crippen molar-refractivity contribution in [1.29, 1.82) is 0 Å². The summed E-state index contributed by atoms with van der Waals surface area (Å²) in [6.45, 7) is 9.32. The molecule has 1 aromatic carbocycles. The van der Waals surface area contributed by atoms with Crippen LogP contribution in [0.1, 0.15) is 76.6 Å². The molecule has 7 nitrogen and oxygen atoms in total. The molecule has 178 valence electrons. The topological polar surface area (TPSA) is 74.3 Å². The summed E-state index contributed by atoms with van der Waals surface area (Å²) in [5.74, 6) is -0.315. The van der Waals surface area contributed by atoms with Crippen LogP contribution in [0.2, 0.25) is 0 Å². The highest BCUT2D eigenvalue weighted by atomic mass is 16.7. The SMILES string of the molecule is CC1(C)CC(OC(=O)c2ccccc2)CC(C)(C)N1OC(C=O)CCOC1CCCCO1. The number of ether oxygens (including phenoxy) is 3. The molecule has 2 aliphatic rings. The minimum Gasteiger partial charge on any atom is -0.459 e. The zero-order valence-corrected chi connectivity index (χ0v) is 19.7. The van der Waals surface area contributed by atoms with Crippen molar-refractivity contribution in [2.45, 2.75) is 95.8 Å². The van der Waals surface area contributed by atoms with Gasteiger partial charge in [0.05, 0.1) is 12.2 Å². The van der Waals surface area contributed by atoms with Crippen LogP contribution in [0.4, 0.5) is 0 Å². The number of carbonyl (C=O) groups is 2. The maximum absolute atomic E-state index is 12.6. The van der Waals surface area contributed by atoms with Crippen LogP contribution in [-0.4, -0.2) is 60.1 Å². The molecule has 0 aromatic heterocycles. The largest absolute Gasteiger partial charge is 0.459 e. The Balaban J connectivity index is 1.56. The number of hydrogen-bond acceptors (Lipinski definition) is 7. The molecule has 2 fully saturated rings. The first-order valence-electron chi connectivity index (χ1n) is 11.6. The van der Waals surface area contributed by atoms with Gasteiger partial charge in [0, 0.05) is 36.9 Å². The van der Waals surface area contributed by atoms with E-state index in [2.05, 4.69) is 0 Å². The third kappa shape index (κ3) is 6.61. The third-order valence-corrected chi connectivity index (χ3v) is 6.07. The van der Waals surface area contributed by atoms with Crippen molar-refractivity contribution < 1.29 is 28.6 Å². The Bertz CT molecular complexity index is 726. The Morgan fingerprint density at radius 3 is 2.44 bits per heavy atom. The van der Waals surface area contributed by atoms with E-state index in [1.54, 1.807) is 12.1 Å². The first-order valence-corrected chi connectivity index (χ1v) is 11.6. The summed E-state index contributed by atoms with van der Waals surface area (Å²) in [6.07, 6.45) is 4.53. The molecule has 0 amide bonds. The third-order valence-electron chi connectivity index (χ3n) is 6.07. The Morgan fingerprint density at radius 1 is 1.16 bits per heavy atom. The van der Waals surface area contributed by atoms with Crippen LogP contribution in [0.3, 0.4) is 0 Å². The number of nitrogens with zero attached hydrogens (tertiary/aromatic N) is 1. The highest BCUT2D eigenvalue weighted by Gasteiger charge is 2.48. The van der Waals surface area contributed by atoms with Crippen molar-refractivity contribution in [2.24, 2.45) is 0 Å². The molecule has 2 saturated heterocycles. The molecular weight excluding hydrogens is 410 g/mol. The van der Waals surface area contributed by atoms with Gasteiger partial charge in [0.2, 0.25) is 0 Å². The van der Waals surface area contributed by atoms with Gasteiger partial charge in [0.1, 0.15) is 12.2 Å². The molecule has 0 bridgehead atoms. The lowest BCUT2D eigenvalue weighted by Gasteiger charge is -2.53. The van der Waals surface area contributed by atoms with Gasteiger partial charge < -0.3 is 19.0 Å². The number of carbonyl (C=O) groups excluding carboxylic acids is 2. The minimum atomic E-state index is -0.611. The summed E-state index contributed by atoms with van der Waals surface area (Å²) < 4.78 is 17.2. The second kappa shape index (κ2) is 10.9. The molecule has 0 saturated carbocycles.